The lowest BCUT2D eigenvalue weighted by Gasteiger charge is -2.05. The van der Waals surface area contributed by atoms with E-state index in [9.17, 15) is 4.79 Å². The molecule has 0 aliphatic carbocycles. The van der Waals surface area contributed by atoms with Crippen LogP contribution in [0.1, 0.15) is 15.2 Å². The molecule has 2 heterocycles. The fourth-order valence-corrected chi connectivity index (χ4v) is 2.00. The fraction of sp³-hybridized carbons (Fsp3) is 0.0909. The van der Waals surface area contributed by atoms with Gasteiger partial charge in [0.05, 0.1) is 17.4 Å². The maximum Gasteiger partial charge on any atom is 0.340 e. The minimum atomic E-state index is -0.500. The van der Waals surface area contributed by atoms with Crippen molar-refractivity contribution in [2.24, 2.45) is 0 Å². The average molecular weight is 269 g/mol. The van der Waals surface area contributed by atoms with Crippen molar-refractivity contribution in [1.29, 1.82) is 0 Å². The summed E-state index contributed by atoms with van der Waals surface area (Å²) in [7, 11) is 0. The standard InChI is InChI=1S/C11H9ClN2O2S/c12-10-4-8(9(13)5-14-10)11(15)16-6-7-2-1-3-17-7/h1-5H,6,13H2. The predicted molar refractivity (Wildman–Crippen MR) is 67.1 cm³/mol. The highest BCUT2D eigenvalue weighted by atomic mass is 35.5. The molecule has 17 heavy (non-hydrogen) atoms. The van der Waals surface area contributed by atoms with Gasteiger partial charge in [-0.25, -0.2) is 9.78 Å². The zero-order valence-corrected chi connectivity index (χ0v) is 10.3. The number of anilines is 1. The van der Waals surface area contributed by atoms with Crippen LogP contribution in [0.3, 0.4) is 0 Å². The van der Waals surface area contributed by atoms with Crippen LogP contribution < -0.4 is 5.73 Å². The Morgan fingerprint density at radius 2 is 2.41 bits per heavy atom. The average Bonchev–Trinajstić information content (AvgIpc) is 2.82. The summed E-state index contributed by atoms with van der Waals surface area (Å²) in [6, 6.07) is 5.18. The van der Waals surface area contributed by atoms with Crippen molar-refractivity contribution in [3.8, 4) is 0 Å². The third-order valence-corrected chi connectivity index (χ3v) is 3.10. The predicted octanol–water partition coefficient (Wildman–Crippen LogP) is 2.74. The van der Waals surface area contributed by atoms with Crippen molar-refractivity contribution < 1.29 is 9.53 Å². The van der Waals surface area contributed by atoms with Gasteiger partial charge in [0.15, 0.2) is 0 Å². The van der Waals surface area contributed by atoms with Gasteiger partial charge in [0, 0.05) is 4.88 Å². The molecule has 0 saturated heterocycles. The second kappa shape index (κ2) is 5.16. The number of carbonyl (C=O) groups excluding carboxylic acids is 1. The van der Waals surface area contributed by atoms with Crippen LogP contribution >= 0.6 is 22.9 Å². The first kappa shape index (κ1) is 11.9. The van der Waals surface area contributed by atoms with Gasteiger partial charge in [0.2, 0.25) is 0 Å². The fourth-order valence-electron chi connectivity index (χ4n) is 1.23. The lowest BCUT2D eigenvalue weighted by Crippen LogP contribution is -2.08. The van der Waals surface area contributed by atoms with Crippen LogP contribution in [-0.2, 0) is 11.3 Å². The number of pyridine rings is 1. The lowest BCUT2D eigenvalue weighted by atomic mass is 10.2. The largest absolute Gasteiger partial charge is 0.456 e. The van der Waals surface area contributed by atoms with Gasteiger partial charge in [-0.05, 0) is 17.5 Å². The molecule has 88 valence electrons. The van der Waals surface area contributed by atoms with E-state index in [1.54, 1.807) is 0 Å². The number of esters is 1. The molecule has 0 aromatic carbocycles. The van der Waals surface area contributed by atoms with Crippen LogP contribution in [0.15, 0.2) is 29.8 Å². The van der Waals surface area contributed by atoms with Crippen molar-refractivity contribution >= 4 is 34.6 Å². The SMILES string of the molecule is Nc1cnc(Cl)cc1C(=O)OCc1cccs1. The molecule has 0 amide bonds. The molecule has 0 bridgehead atoms. The molecule has 0 fully saturated rings. The monoisotopic (exact) mass is 268 g/mol. The maximum atomic E-state index is 11.7. The number of hydrogen-bond donors (Lipinski definition) is 1. The van der Waals surface area contributed by atoms with Gasteiger partial charge >= 0.3 is 5.97 Å². The highest BCUT2D eigenvalue weighted by Crippen LogP contribution is 2.17. The number of aromatic nitrogens is 1. The summed E-state index contributed by atoms with van der Waals surface area (Å²) in [5.41, 5.74) is 6.11. The molecular weight excluding hydrogens is 260 g/mol. The minimum absolute atomic E-state index is 0.210. The molecule has 0 aliphatic heterocycles. The van der Waals surface area contributed by atoms with Crippen LogP contribution in [0.5, 0.6) is 0 Å². The quantitative estimate of drug-likeness (QED) is 0.687. The third kappa shape index (κ3) is 2.95. The molecule has 2 N–H and O–H groups in total. The van der Waals surface area contributed by atoms with E-state index in [1.165, 1.54) is 23.6 Å². The smallest absolute Gasteiger partial charge is 0.340 e. The Labute approximate surface area is 107 Å². The molecule has 2 rings (SSSR count). The van der Waals surface area contributed by atoms with Crippen LogP contribution in [0.4, 0.5) is 5.69 Å². The van der Waals surface area contributed by atoms with Crippen LogP contribution in [-0.4, -0.2) is 11.0 Å². The van der Waals surface area contributed by atoms with Crippen LogP contribution in [0.25, 0.3) is 0 Å². The molecule has 0 atom stereocenters. The zero-order valence-electron chi connectivity index (χ0n) is 8.72. The minimum Gasteiger partial charge on any atom is -0.456 e. The summed E-state index contributed by atoms with van der Waals surface area (Å²) in [5.74, 6) is -0.500. The van der Waals surface area contributed by atoms with E-state index in [0.717, 1.165) is 4.88 Å². The summed E-state index contributed by atoms with van der Waals surface area (Å²) in [5, 5.41) is 2.13. The van der Waals surface area contributed by atoms with Crippen molar-refractivity contribution in [3.63, 3.8) is 0 Å². The number of ether oxygens (including phenoxy) is 1. The Bertz CT molecular complexity index is 528. The zero-order chi connectivity index (χ0) is 12.3. The summed E-state index contributed by atoms with van der Waals surface area (Å²) >= 11 is 7.21. The van der Waals surface area contributed by atoms with Gasteiger partial charge in [0.25, 0.3) is 0 Å². The molecule has 4 nitrogen and oxygen atoms in total. The van der Waals surface area contributed by atoms with E-state index in [4.69, 9.17) is 22.1 Å². The van der Waals surface area contributed by atoms with E-state index >= 15 is 0 Å². The Balaban J connectivity index is 2.07. The van der Waals surface area contributed by atoms with E-state index < -0.39 is 5.97 Å². The summed E-state index contributed by atoms with van der Waals surface area (Å²) < 4.78 is 5.11. The molecule has 2 aromatic rings. The molecule has 0 radical (unpaired) electrons. The summed E-state index contributed by atoms with van der Waals surface area (Å²) in [6.45, 7) is 0.232. The maximum absolute atomic E-state index is 11.7. The van der Waals surface area contributed by atoms with Crippen molar-refractivity contribution in [2.45, 2.75) is 6.61 Å². The normalized spacial score (nSPS) is 10.2. The second-order valence-electron chi connectivity index (χ2n) is 3.25. The molecule has 0 unspecified atom stereocenters. The topological polar surface area (TPSA) is 65.2 Å². The number of nitrogen functional groups attached to an aromatic ring is 1. The highest BCUT2D eigenvalue weighted by Gasteiger charge is 2.12. The molecule has 0 spiro atoms. The first-order valence-corrected chi connectivity index (χ1v) is 6.03. The molecule has 6 heteroatoms. The van der Waals surface area contributed by atoms with Gasteiger partial charge in [-0.3, -0.25) is 0 Å². The Kier molecular flexibility index (Phi) is 3.61. The Morgan fingerprint density at radius 1 is 1.59 bits per heavy atom. The van der Waals surface area contributed by atoms with Gasteiger partial charge in [-0.2, -0.15) is 0 Å². The summed E-state index contributed by atoms with van der Waals surface area (Å²) in [4.78, 5) is 16.5. The van der Waals surface area contributed by atoms with Gasteiger partial charge in [0.1, 0.15) is 11.8 Å². The van der Waals surface area contributed by atoms with Crippen molar-refractivity contribution in [3.05, 3.63) is 45.4 Å². The Hall–Kier alpha value is -1.59. The van der Waals surface area contributed by atoms with Crippen LogP contribution in [0.2, 0.25) is 5.15 Å². The number of rotatable bonds is 3. The number of hydrogen-bond acceptors (Lipinski definition) is 5. The molecule has 0 saturated carbocycles. The Morgan fingerprint density at radius 3 is 3.12 bits per heavy atom. The third-order valence-electron chi connectivity index (χ3n) is 2.05. The lowest BCUT2D eigenvalue weighted by molar-refractivity contribution is 0.0478. The molecule has 0 aliphatic rings. The molecule has 2 aromatic heterocycles. The number of nitrogens with two attached hydrogens (primary N) is 1. The van der Waals surface area contributed by atoms with Crippen molar-refractivity contribution in [2.75, 3.05) is 5.73 Å². The van der Waals surface area contributed by atoms with E-state index in [0.29, 0.717) is 0 Å². The number of halogens is 1. The second-order valence-corrected chi connectivity index (χ2v) is 4.67. The van der Waals surface area contributed by atoms with E-state index in [-0.39, 0.29) is 23.0 Å². The number of nitrogens with zero attached hydrogens (tertiary/aromatic N) is 1. The van der Waals surface area contributed by atoms with Gasteiger partial charge in [-0.15, -0.1) is 11.3 Å². The first-order chi connectivity index (χ1) is 8.16. The molecular formula is C11H9ClN2O2S. The summed E-state index contributed by atoms with van der Waals surface area (Å²) in [6.07, 6.45) is 1.34. The van der Waals surface area contributed by atoms with E-state index in [1.807, 2.05) is 17.5 Å². The number of thiophene rings is 1. The van der Waals surface area contributed by atoms with Gasteiger partial charge in [-0.1, -0.05) is 17.7 Å². The van der Waals surface area contributed by atoms with Crippen LogP contribution in [0, 0.1) is 0 Å². The van der Waals surface area contributed by atoms with Gasteiger partial charge < -0.3 is 10.5 Å². The number of carbonyl (C=O) groups is 1. The van der Waals surface area contributed by atoms with Crippen molar-refractivity contribution in [1.82, 2.24) is 4.98 Å². The first-order valence-electron chi connectivity index (χ1n) is 4.77. The van der Waals surface area contributed by atoms with E-state index in [2.05, 4.69) is 4.98 Å². The highest BCUT2D eigenvalue weighted by molar-refractivity contribution is 7.09.